The van der Waals surface area contributed by atoms with E-state index < -0.39 is 34.9 Å². The molecule has 1 atom stereocenters. The van der Waals surface area contributed by atoms with E-state index in [0.29, 0.717) is 36.6 Å². The number of ether oxygens (including phenoxy) is 2. The maximum Gasteiger partial charge on any atom is 0.416 e. The molecule has 220 valence electrons. The number of rotatable bonds is 6. The van der Waals surface area contributed by atoms with Crippen LogP contribution in [0.3, 0.4) is 0 Å². The van der Waals surface area contributed by atoms with Gasteiger partial charge in [-0.2, -0.15) is 13.2 Å². The Morgan fingerprint density at radius 3 is 2.19 bits per heavy atom. The topological polar surface area (TPSA) is 76.2 Å². The zero-order valence-corrected chi connectivity index (χ0v) is 23.3. The molecular formula is C32H31F3N2O5. The first-order chi connectivity index (χ1) is 20.0. The summed E-state index contributed by atoms with van der Waals surface area (Å²) >= 11 is 0. The first-order valence-electron chi connectivity index (χ1n) is 13.8. The molecule has 2 saturated heterocycles. The van der Waals surface area contributed by atoms with Crippen LogP contribution < -0.4 is 4.74 Å². The van der Waals surface area contributed by atoms with Gasteiger partial charge >= 0.3 is 12.1 Å². The number of alkyl halides is 3. The van der Waals surface area contributed by atoms with Crippen molar-refractivity contribution in [1.29, 1.82) is 0 Å². The molecule has 1 unspecified atom stereocenters. The van der Waals surface area contributed by atoms with Crippen molar-refractivity contribution < 1.29 is 37.0 Å². The second-order valence-corrected chi connectivity index (χ2v) is 10.7. The van der Waals surface area contributed by atoms with E-state index in [4.69, 9.17) is 9.47 Å². The van der Waals surface area contributed by atoms with E-state index in [9.17, 15) is 27.6 Å². The number of likely N-dealkylation sites (tertiary alicyclic amines) is 2. The molecule has 0 aliphatic carbocycles. The quantitative estimate of drug-likeness (QED) is 0.336. The Balaban J connectivity index is 1.28. The lowest BCUT2D eigenvalue weighted by Gasteiger charge is -2.57. The summed E-state index contributed by atoms with van der Waals surface area (Å²) in [4.78, 5) is 42.8. The molecule has 2 aliphatic heterocycles. The molecule has 0 bridgehead atoms. The predicted octanol–water partition coefficient (Wildman–Crippen LogP) is 5.97. The fourth-order valence-electron chi connectivity index (χ4n) is 5.84. The van der Waals surface area contributed by atoms with Gasteiger partial charge in [0.2, 0.25) is 0 Å². The van der Waals surface area contributed by atoms with Crippen molar-refractivity contribution in [2.45, 2.75) is 26.4 Å². The number of esters is 1. The van der Waals surface area contributed by atoms with Crippen molar-refractivity contribution in [1.82, 2.24) is 9.80 Å². The van der Waals surface area contributed by atoms with Crippen LogP contribution in [0, 0.1) is 18.3 Å². The van der Waals surface area contributed by atoms with Gasteiger partial charge in [-0.3, -0.25) is 14.4 Å². The normalized spacial score (nSPS) is 17.9. The summed E-state index contributed by atoms with van der Waals surface area (Å²) in [6.07, 6.45) is -4.18. The third kappa shape index (κ3) is 5.70. The maximum atomic E-state index is 13.5. The Kier molecular flexibility index (Phi) is 7.99. The average Bonchev–Trinajstić information content (AvgIpc) is 2.95. The number of piperidine rings is 1. The number of amides is 2. The number of carbonyl (C=O) groups is 3. The number of hydrogen-bond donors (Lipinski definition) is 0. The zero-order chi connectivity index (χ0) is 30.1. The summed E-state index contributed by atoms with van der Waals surface area (Å²) in [7, 11) is 0. The van der Waals surface area contributed by atoms with Crippen molar-refractivity contribution in [2.75, 3.05) is 32.8 Å². The van der Waals surface area contributed by atoms with Crippen LogP contribution in [-0.2, 0) is 15.7 Å². The summed E-state index contributed by atoms with van der Waals surface area (Å²) in [5, 5.41) is 0. The highest BCUT2D eigenvalue weighted by atomic mass is 19.4. The number of para-hydroxylation sites is 1. The molecule has 10 heteroatoms. The monoisotopic (exact) mass is 580 g/mol. The van der Waals surface area contributed by atoms with Crippen molar-refractivity contribution >= 4 is 17.8 Å². The fraction of sp³-hybridized carbons (Fsp3) is 0.344. The smallest absolute Gasteiger partial charge is 0.416 e. The van der Waals surface area contributed by atoms with Gasteiger partial charge in [-0.05, 0) is 74.4 Å². The van der Waals surface area contributed by atoms with Crippen LogP contribution in [-0.4, -0.2) is 60.4 Å². The molecule has 2 fully saturated rings. The molecule has 0 radical (unpaired) electrons. The van der Waals surface area contributed by atoms with E-state index in [0.717, 1.165) is 6.07 Å². The third-order valence-electron chi connectivity index (χ3n) is 8.13. The summed E-state index contributed by atoms with van der Waals surface area (Å²) in [6.45, 7) is 3.97. The van der Waals surface area contributed by atoms with Gasteiger partial charge in [0.25, 0.3) is 11.8 Å². The molecule has 7 nitrogen and oxygen atoms in total. The fourth-order valence-corrected chi connectivity index (χ4v) is 5.84. The van der Waals surface area contributed by atoms with E-state index in [-0.39, 0.29) is 36.7 Å². The largest absolute Gasteiger partial charge is 0.466 e. The molecule has 2 heterocycles. The number of carbonyl (C=O) groups excluding carboxylic acids is 3. The highest BCUT2D eigenvalue weighted by molar-refractivity contribution is 5.97. The Morgan fingerprint density at radius 2 is 1.55 bits per heavy atom. The molecular weight excluding hydrogens is 549 g/mol. The Hall–Kier alpha value is -4.34. The predicted molar refractivity (Wildman–Crippen MR) is 148 cm³/mol. The number of benzene rings is 3. The van der Waals surface area contributed by atoms with Gasteiger partial charge < -0.3 is 19.3 Å². The van der Waals surface area contributed by atoms with Gasteiger partial charge in [0.1, 0.15) is 11.5 Å². The Bertz CT molecular complexity index is 1470. The Labute approximate surface area is 241 Å². The van der Waals surface area contributed by atoms with Crippen LogP contribution in [0.1, 0.15) is 45.2 Å². The van der Waals surface area contributed by atoms with E-state index >= 15 is 0 Å². The van der Waals surface area contributed by atoms with Crippen molar-refractivity contribution in [2.24, 2.45) is 11.3 Å². The molecule has 2 amide bonds. The molecule has 3 aromatic rings. The molecule has 3 aromatic carbocycles. The van der Waals surface area contributed by atoms with Crippen LogP contribution in [0.15, 0.2) is 72.8 Å². The summed E-state index contributed by atoms with van der Waals surface area (Å²) in [5.41, 5.74) is -1.17. The van der Waals surface area contributed by atoms with Gasteiger partial charge in [0.15, 0.2) is 0 Å². The molecule has 42 heavy (non-hydrogen) atoms. The summed E-state index contributed by atoms with van der Waals surface area (Å²) < 4.78 is 51.5. The highest BCUT2D eigenvalue weighted by Crippen LogP contribution is 2.46. The Morgan fingerprint density at radius 1 is 0.881 bits per heavy atom. The second-order valence-electron chi connectivity index (χ2n) is 10.7. The maximum absolute atomic E-state index is 13.5. The first kappa shape index (κ1) is 29.2. The lowest BCUT2D eigenvalue weighted by Crippen LogP contribution is -2.67. The molecule has 0 aromatic heterocycles. The van der Waals surface area contributed by atoms with Crippen LogP contribution in [0.5, 0.6) is 11.5 Å². The SMILES string of the molecule is CCOC(=O)C1CN(C(=O)c2cccc(C(F)(F)F)c2C)CCC12CN(C(=O)c1ccc(Oc3ccccc3)cc1)C2. The first-order valence-corrected chi connectivity index (χ1v) is 13.8. The third-order valence-corrected chi connectivity index (χ3v) is 8.13. The van der Waals surface area contributed by atoms with Crippen molar-refractivity contribution in [3.05, 3.63) is 95.1 Å². The number of hydrogen-bond acceptors (Lipinski definition) is 5. The molecule has 0 N–H and O–H groups in total. The van der Waals surface area contributed by atoms with Crippen LogP contribution in [0.2, 0.25) is 0 Å². The van der Waals surface area contributed by atoms with Crippen molar-refractivity contribution in [3.8, 4) is 11.5 Å². The van der Waals surface area contributed by atoms with E-state index in [1.54, 1.807) is 36.1 Å². The summed E-state index contributed by atoms with van der Waals surface area (Å²) in [5.74, 6) is -0.676. The van der Waals surface area contributed by atoms with Gasteiger partial charge in [0.05, 0.1) is 18.1 Å². The van der Waals surface area contributed by atoms with E-state index in [1.165, 1.54) is 24.0 Å². The molecule has 0 saturated carbocycles. The molecule has 2 aliphatic rings. The van der Waals surface area contributed by atoms with Crippen LogP contribution in [0.4, 0.5) is 13.2 Å². The van der Waals surface area contributed by atoms with Gasteiger partial charge in [-0.15, -0.1) is 0 Å². The lowest BCUT2D eigenvalue weighted by molar-refractivity contribution is -0.164. The van der Waals surface area contributed by atoms with E-state index in [1.807, 2.05) is 30.3 Å². The number of halogens is 3. The minimum absolute atomic E-state index is 0.000897. The van der Waals surface area contributed by atoms with Crippen molar-refractivity contribution in [3.63, 3.8) is 0 Å². The van der Waals surface area contributed by atoms with Gasteiger partial charge in [0, 0.05) is 42.7 Å². The average molecular weight is 581 g/mol. The van der Waals surface area contributed by atoms with Gasteiger partial charge in [-0.25, -0.2) is 0 Å². The molecule has 5 rings (SSSR count). The minimum atomic E-state index is -4.59. The standard InChI is InChI=1S/C32H31F3N2O5/c1-3-41-30(40)27-18-36(29(39)25-10-7-11-26(21(25)2)32(33,34)35)17-16-31(27)19-37(20-31)28(38)22-12-14-24(15-13-22)42-23-8-5-4-6-9-23/h4-15,27H,3,16-20H2,1-2H3. The number of nitrogens with zero attached hydrogens (tertiary/aromatic N) is 2. The molecule has 1 spiro atoms. The van der Waals surface area contributed by atoms with Crippen LogP contribution in [0.25, 0.3) is 0 Å². The summed E-state index contributed by atoms with van der Waals surface area (Å²) in [6, 6.07) is 19.6. The minimum Gasteiger partial charge on any atom is -0.466 e. The van der Waals surface area contributed by atoms with Crippen LogP contribution >= 0.6 is 0 Å². The highest BCUT2D eigenvalue weighted by Gasteiger charge is 2.56. The second kappa shape index (κ2) is 11.5. The zero-order valence-electron chi connectivity index (χ0n) is 23.3. The lowest BCUT2D eigenvalue weighted by atomic mass is 9.64. The van der Waals surface area contributed by atoms with Gasteiger partial charge in [-0.1, -0.05) is 24.3 Å². The van der Waals surface area contributed by atoms with E-state index in [2.05, 4.69) is 0 Å².